The highest BCUT2D eigenvalue weighted by Gasteiger charge is 2.10. The highest BCUT2D eigenvalue weighted by molar-refractivity contribution is 9.10. The Morgan fingerprint density at radius 3 is 2.81 bits per heavy atom. The van der Waals surface area contributed by atoms with Gasteiger partial charge in [-0.05, 0) is 25.1 Å². The van der Waals surface area contributed by atoms with Crippen LogP contribution in [-0.4, -0.2) is 4.98 Å². The minimum atomic E-state index is 0.0143. The van der Waals surface area contributed by atoms with Gasteiger partial charge in [0.05, 0.1) is 5.02 Å². The Bertz CT molecular complexity index is 510. The molecule has 1 atom stereocenters. The molecule has 0 aliphatic carbocycles. The average Bonchev–Trinajstić information content (AvgIpc) is 2.66. The van der Waals surface area contributed by atoms with Crippen LogP contribution < -0.4 is 5.73 Å². The fraction of sp³-hybridized carbons (Fsp3) is 0.182. The summed E-state index contributed by atoms with van der Waals surface area (Å²) in [4.78, 5) is 5.40. The van der Waals surface area contributed by atoms with Crippen molar-refractivity contribution in [1.82, 2.24) is 4.98 Å². The molecule has 2 rings (SSSR count). The Balaban J connectivity index is 2.42. The van der Waals surface area contributed by atoms with Gasteiger partial charge in [-0.15, -0.1) is 11.3 Å². The second-order valence-electron chi connectivity index (χ2n) is 3.48. The number of aromatic nitrogens is 1. The minimum absolute atomic E-state index is 0.0143. The zero-order chi connectivity index (χ0) is 11.7. The molecular weight excluding hydrogens is 308 g/mol. The highest BCUT2D eigenvalue weighted by atomic mass is 79.9. The number of nitrogens with two attached hydrogens (primary N) is 1. The summed E-state index contributed by atoms with van der Waals surface area (Å²) in [6.07, 6.45) is 1.81. The van der Waals surface area contributed by atoms with Crippen LogP contribution in [0.5, 0.6) is 0 Å². The van der Waals surface area contributed by atoms with E-state index in [1.54, 1.807) is 11.3 Å². The van der Waals surface area contributed by atoms with Crippen LogP contribution in [0.15, 0.2) is 28.9 Å². The summed E-state index contributed by atoms with van der Waals surface area (Å²) >= 11 is 11.1. The van der Waals surface area contributed by atoms with E-state index in [0.29, 0.717) is 5.02 Å². The fourth-order valence-electron chi connectivity index (χ4n) is 1.28. The molecule has 5 heteroatoms. The Hall–Kier alpha value is -0.420. The van der Waals surface area contributed by atoms with Crippen molar-refractivity contribution in [2.45, 2.75) is 13.0 Å². The van der Waals surface area contributed by atoms with Gasteiger partial charge < -0.3 is 5.73 Å². The van der Waals surface area contributed by atoms with Gasteiger partial charge in [-0.1, -0.05) is 27.5 Å². The summed E-state index contributed by atoms with van der Waals surface area (Å²) in [7, 11) is 0. The summed E-state index contributed by atoms with van der Waals surface area (Å²) in [5.74, 6) is 0. The maximum Gasteiger partial charge on any atom is 0.125 e. The molecule has 2 aromatic rings. The first-order chi connectivity index (χ1) is 7.58. The van der Waals surface area contributed by atoms with Crippen molar-refractivity contribution in [3.63, 3.8) is 0 Å². The van der Waals surface area contributed by atoms with Crippen LogP contribution in [0.4, 0.5) is 0 Å². The van der Waals surface area contributed by atoms with Gasteiger partial charge in [0.1, 0.15) is 5.01 Å². The summed E-state index contributed by atoms with van der Waals surface area (Å²) in [5.41, 5.74) is 6.74. The number of rotatable bonds is 2. The van der Waals surface area contributed by atoms with Crippen LogP contribution >= 0.6 is 38.9 Å². The molecule has 0 saturated heterocycles. The predicted molar refractivity (Wildman–Crippen MR) is 72.9 cm³/mol. The quantitative estimate of drug-likeness (QED) is 0.899. The lowest BCUT2D eigenvalue weighted by Gasteiger charge is -2.01. The van der Waals surface area contributed by atoms with E-state index in [-0.39, 0.29) is 6.04 Å². The zero-order valence-electron chi connectivity index (χ0n) is 8.58. The smallest absolute Gasteiger partial charge is 0.125 e. The third kappa shape index (κ3) is 2.46. The van der Waals surface area contributed by atoms with E-state index >= 15 is 0 Å². The largest absolute Gasteiger partial charge is 0.323 e. The third-order valence-corrected chi connectivity index (χ3v) is 4.17. The molecule has 1 aromatic heterocycles. The lowest BCUT2D eigenvalue weighted by molar-refractivity contribution is 0.835. The zero-order valence-corrected chi connectivity index (χ0v) is 11.7. The molecule has 1 heterocycles. The van der Waals surface area contributed by atoms with Gasteiger partial charge in [0.25, 0.3) is 0 Å². The molecular formula is C11H10BrClN2S. The summed E-state index contributed by atoms with van der Waals surface area (Å²) in [6, 6.07) is 5.79. The topological polar surface area (TPSA) is 38.9 Å². The second kappa shape index (κ2) is 4.84. The first kappa shape index (κ1) is 12.0. The standard InChI is InChI=1S/C11H10BrClN2S/c1-6(14)10-5-15-11(16-10)8-3-2-7(12)4-9(8)13/h2-6H,14H2,1H3. The van der Waals surface area contributed by atoms with Gasteiger partial charge in [-0.2, -0.15) is 0 Å². The SMILES string of the molecule is CC(N)c1cnc(-c2ccc(Br)cc2Cl)s1. The first-order valence-electron chi connectivity index (χ1n) is 4.74. The predicted octanol–water partition coefficient (Wildman–Crippen LogP) is 4.25. The molecule has 2 N–H and O–H groups in total. The summed E-state index contributed by atoms with van der Waals surface area (Å²) in [5, 5.41) is 1.60. The van der Waals surface area contributed by atoms with Crippen molar-refractivity contribution in [3.05, 3.63) is 38.8 Å². The van der Waals surface area contributed by atoms with Crippen molar-refractivity contribution < 1.29 is 0 Å². The van der Waals surface area contributed by atoms with Crippen LogP contribution in [0.2, 0.25) is 5.02 Å². The van der Waals surface area contributed by atoms with Crippen molar-refractivity contribution in [3.8, 4) is 10.6 Å². The Morgan fingerprint density at radius 2 is 2.25 bits per heavy atom. The fourth-order valence-corrected chi connectivity index (χ4v) is 3.01. The maximum absolute atomic E-state index is 6.16. The molecule has 0 amide bonds. The van der Waals surface area contributed by atoms with E-state index in [1.165, 1.54) is 0 Å². The van der Waals surface area contributed by atoms with Gasteiger partial charge in [0.2, 0.25) is 0 Å². The van der Waals surface area contributed by atoms with Gasteiger partial charge in [-0.3, -0.25) is 0 Å². The van der Waals surface area contributed by atoms with Crippen molar-refractivity contribution in [2.75, 3.05) is 0 Å². The number of benzene rings is 1. The molecule has 0 radical (unpaired) electrons. The van der Waals surface area contributed by atoms with Crippen LogP contribution in [0.25, 0.3) is 10.6 Å². The Labute approximate surface area is 112 Å². The molecule has 16 heavy (non-hydrogen) atoms. The van der Waals surface area contributed by atoms with E-state index in [0.717, 1.165) is 19.9 Å². The van der Waals surface area contributed by atoms with Crippen LogP contribution in [0, 0.1) is 0 Å². The normalized spacial score (nSPS) is 12.8. The molecule has 0 aliphatic rings. The van der Waals surface area contributed by atoms with Crippen LogP contribution in [0.1, 0.15) is 17.8 Å². The number of halogens is 2. The molecule has 0 fully saturated rings. The molecule has 0 bridgehead atoms. The Kier molecular flexibility index (Phi) is 3.64. The molecule has 1 unspecified atom stereocenters. The number of hydrogen-bond acceptors (Lipinski definition) is 3. The third-order valence-electron chi connectivity index (χ3n) is 2.13. The molecule has 0 aliphatic heterocycles. The molecule has 1 aromatic carbocycles. The van der Waals surface area contributed by atoms with Gasteiger partial charge in [-0.25, -0.2) is 4.98 Å². The van der Waals surface area contributed by atoms with Crippen molar-refractivity contribution in [1.29, 1.82) is 0 Å². The van der Waals surface area contributed by atoms with E-state index in [2.05, 4.69) is 20.9 Å². The lowest BCUT2D eigenvalue weighted by atomic mass is 10.2. The monoisotopic (exact) mass is 316 g/mol. The molecule has 0 spiro atoms. The second-order valence-corrected chi connectivity index (χ2v) is 5.87. The van der Waals surface area contributed by atoms with E-state index in [1.807, 2.05) is 31.3 Å². The van der Waals surface area contributed by atoms with E-state index < -0.39 is 0 Å². The van der Waals surface area contributed by atoms with Gasteiger partial charge >= 0.3 is 0 Å². The number of hydrogen-bond donors (Lipinski definition) is 1. The first-order valence-corrected chi connectivity index (χ1v) is 6.73. The van der Waals surface area contributed by atoms with Gasteiger partial charge in [0.15, 0.2) is 0 Å². The van der Waals surface area contributed by atoms with Crippen molar-refractivity contribution in [2.24, 2.45) is 5.73 Å². The van der Waals surface area contributed by atoms with Gasteiger partial charge in [0, 0.05) is 27.2 Å². The van der Waals surface area contributed by atoms with Crippen molar-refractivity contribution >= 4 is 38.9 Å². The van der Waals surface area contributed by atoms with E-state index in [4.69, 9.17) is 17.3 Å². The van der Waals surface area contributed by atoms with Crippen LogP contribution in [0.3, 0.4) is 0 Å². The highest BCUT2D eigenvalue weighted by Crippen LogP contribution is 2.34. The summed E-state index contributed by atoms with van der Waals surface area (Å²) in [6.45, 7) is 1.94. The van der Waals surface area contributed by atoms with Crippen LogP contribution in [-0.2, 0) is 0 Å². The summed E-state index contributed by atoms with van der Waals surface area (Å²) < 4.78 is 0.963. The van der Waals surface area contributed by atoms with E-state index in [9.17, 15) is 0 Å². The molecule has 84 valence electrons. The number of nitrogens with zero attached hydrogens (tertiary/aromatic N) is 1. The molecule has 0 saturated carbocycles. The lowest BCUT2D eigenvalue weighted by Crippen LogP contribution is -2.01. The maximum atomic E-state index is 6.16. The number of thiazole rings is 1. The molecule has 2 nitrogen and oxygen atoms in total. The minimum Gasteiger partial charge on any atom is -0.323 e. The average molecular weight is 318 g/mol. The Morgan fingerprint density at radius 1 is 1.50 bits per heavy atom.